The number of fused-ring (bicyclic) bond motifs is 1. The lowest BCUT2D eigenvalue weighted by atomic mass is 10.0. The molecule has 0 unspecified atom stereocenters. The second-order valence-corrected chi connectivity index (χ2v) is 7.60. The first-order chi connectivity index (χ1) is 14.4. The summed E-state index contributed by atoms with van der Waals surface area (Å²) in [5.41, 5.74) is 5.48. The first-order valence-electron chi connectivity index (χ1n) is 10.2. The molecule has 0 spiro atoms. The maximum atomic E-state index is 9.10. The third-order valence-corrected chi connectivity index (χ3v) is 5.34. The third-order valence-electron chi connectivity index (χ3n) is 5.34. The van der Waals surface area contributed by atoms with E-state index in [1.165, 1.54) is 22.4 Å². The van der Waals surface area contributed by atoms with E-state index in [1.54, 1.807) is 0 Å². The number of piperazine rings is 1. The largest absolute Gasteiger partial charge is 0.493 e. The van der Waals surface area contributed by atoms with E-state index in [2.05, 4.69) is 59.2 Å². The molecule has 2 aromatic rings. The number of anilines is 1. The molecule has 7 heteroatoms. The summed E-state index contributed by atoms with van der Waals surface area (Å²) in [6, 6.07) is 15.6. The van der Waals surface area contributed by atoms with Crippen molar-refractivity contribution in [2.24, 2.45) is 0 Å². The molecule has 2 heterocycles. The lowest BCUT2D eigenvalue weighted by molar-refractivity contribution is -0.159. The van der Waals surface area contributed by atoms with Gasteiger partial charge in [0.2, 0.25) is 0 Å². The summed E-state index contributed by atoms with van der Waals surface area (Å²) in [4.78, 5) is 23.3. The van der Waals surface area contributed by atoms with Crippen LogP contribution in [0.25, 0.3) is 0 Å². The van der Waals surface area contributed by atoms with Crippen LogP contribution in [0.1, 0.15) is 23.1 Å². The fraction of sp³-hybridized carbons (Fsp3) is 0.391. The minimum Gasteiger partial charge on any atom is -0.493 e. The van der Waals surface area contributed by atoms with Crippen molar-refractivity contribution in [3.8, 4) is 5.75 Å². The minimum atomic E-state index is -1.82. The van der Waals surface area contributed by atoms with Gasteiger partial charge < -0.3 is 19.8 Å². The number of hydrogen-bond acceptors (Lipinski definition) is 5. The molecule has 0 radical (unpaired) electrons. The summed E-state index contributed by atoms with van der Waals surface area (Å²) in [5.74, 6) is -2.56. The first-order valence-corrected chi connectivity index (χ1v) is 10.2. The van der Waals surface area contributed by atoms with Crippen molar-refractivity contribution in [1.29, 1.82) is 0 Å². The number of nitrogens with zero attached hydrogens (tertiary/aromatic N) is 2. The van der Waals surface area contributed by atoms with Gasteiger partial charge in [0.15, 0.2) is 0 Å². The molecule has 1 fully saturated rings. The van der Waals surface area contributed by atoms with E-state index in [0.29, 0.717) is 0 Å². The molecule has 7 nitrogen and oxygen atoms in total. The molecule has 0 aromatic heterocycles. The highest BCUT2D eigenvalue weighted by Gasteiger charge is 2.19. The average Bonchev–Trinajstić information content (AvgIpc) is 2.76. The normalized spacial score (nSPS) is 16.0. The van der Waals surface area contributed by atoms with E-state index in [1.807, 2.05) is 0 Å². The smallest absolute Gasteiger partial charge is 0.414 e. The van der Waals surface area contributed by atoms with Crippen LogP contribution in [-0.2, 0) is 22.6 Å². The second-order valence-electron chi connectivity index (χ2n) is 7.60. The number of aliphatic carboxylic acids is 2. The number of ether oxygens (including phenoxy) is 1. The van der Waals surface area contributed by atoms with E-state index in [0.717, 1.165) is 57.9 Å². The van der Waals surface area contributed by atoms with Crippen molar-refractivity contribution >= 4 is 17.6 Å². The summed E-state index contributed by atoms with van der Waals surface area (Å²) in [6.07, 6.45) is 2.29. The van der Waals surface area contributed by atoms with Gasteiger partial charge in [0.1, 0.15) is 5.75 Å². The Hall–Kier alpha value is -3.06. The van der Waals surface area contributed by atoms with Gasteiger partial charge >= 0.3 is 11.9 Å². The van der Waals surface area contributed by atoms with Gasteiger partial charge in [-0.15, -0.1) is 0 Å². The van der Waals surface area contributed by atoms with Crippen molar-refractivity contribution < 1.29 is 24.5 Å². The zero-order chi connectivity index (χ0) is 21.5. The van der Waals surface area contributed by atoms with E-state index in [-0.39, 0.29) is 0 Å². The molecule has 4 rings (SSSR count). The number of rotatable bonds is 3. The number of benzene rings is 2. The number of carboxylic acid groups (broad SMARTS) is 2. The van der Waals surface area contributed by atoms with E-state index in [4.69, 9.17) is 24.5 Å². The van der Waals surface area contributed by atoms with Crippen LogP contribution in [0, 0.1) is 6.92 Å². The van der Waals surface area contributed by atoms with Gasteiger partial charge in [-0.2, -0.15) is 0 Å². The van der Waals surface area contributed by atoms with Gasteiger partial charge in [0.05, 0.1) is 6.61 Å². The van der Waals surface area contributed by atoms with Crippen molar-refractivity contribution in [3.63, 3.8) is 0 Å². The molecular formula is C23H28N2O5. The molecule has 0 bridgehead atoms. The molecule has 2 N–H and O–H groups in total. The Morgan fingerprint density at radius 2 is 1.63 bits per heavy atom. The highest BCUT2D eigenvalue weighted by atomic mass is 16.5. The SMILES string of the molecule is Cc1ccc(CN2CCN(c3ccc4c(c3)CCCO4)CC2)cc1.O=C(O)C(=O)O. The van der Waals surface area contributed by atoms with Crippen molar-refractivity contribution in [3.05, 3.63) is 59.2 Å². The topological polar surface area (TPSA) is 90.3 Å². The maximum absolute atomic E-state index is 9.10. The summed E-state index contributed by atoms with van der Waals surface area (Å²) in [5, 5.41) is 14.8. The number of aryl methyl sites for hydroxylation is 2. The summed E-state index contributed by atoms with van der Waals surface area (Å²) in [7, 11) is 0. The summed E-state index contributed by atoms with van der Waals surface area (Å²) >= 11 is 0. The van der Waals surface area contributed by atoms with Crippen molar-refractivity contribution in [2.75, 3.05) is 37.7 Å². The lowest BCUT2D eigenvalue weighted by Crippen LogP contribution is -2.46. The summed E-state index contributed by atoms with van der Waals surface area (Å²) < 4.78 is 5.73. The van der Waals surface area contributed by atoms with Gasteiger partial charge in [-0.25, -0.2) is 9.59 Å². The number of carboxylic acids is 2. The Kier molecular flexibility index (Phi) is 7.30. The Labute approximate surface area is 176 Å². The Morgan fingerprint density at radius 1 is 0.967 bits per heavy atom. The molecule has 0 saturated carbocycles. The third kappa shape index (κ3) is 5.97. The molecule has 1 saturated heterocycles. The molecule has 0 atom stereocenters. The van der Waals surface area contributed by atoms with Crippen LogP contribution in [0.4, 0.5) is 5.69 Å². The average molecular weight is 412 g/mol. The second kappa shape index (κ2) is 10.1. The van der Waals surface area contributed by atoms with Gasteiger partial charge in [0, 0.05) is 38.4 Å². The van der Waals surface area contributed by atoms with E-state index < -0.39 is 11.9 Å². The van der Waals surface area contributed by atoms with E-state index in [9.17, 15) is 0 Å². The maximum Gasteiger partial charge on any atom is 0.414 e. The standard InChI is InChI=1S/C21H26N2O.C2H2O4/c1-17-4-6-18(7-5-17)16-22-10-12-23(13-11-22)20-8-9-21-19(15-20)3-2-14-24-21;3-1(4)2(5)6/h4-9,15H,2-3,10-14,16H2,1H3;(H,3,4)(H,5,6). The molecule has 0 aliphatic carbocycles. The van der Waals surface area contributed by atoms with Gasteiger partial charge in [-0.1, -0.05) is 29.8 Å². The number of carbonyl (C=O) groups is 2. The van der Waals surface area contributed by atoms with Crippen LogP contribution in [0.3, 0.4) is 0 Å². The molecule has 0 amide bonds. The predicted molar refractivity (Wildman–Crippen MR) is 114 cm³/mol. The van der Waals surface area contributed by atoms with Crippen LogP contribution >= 0.6 is 0 Å². The Bertz CT molecular complexity index is 862. The van der Waals surface area contributed by atoms with Crippen molar-refractivity contribution in [2.45, 2.75) is 26.3 Å². The highest BCUT2D eigenvalue weighted by molar-refractivity contribution is 6.27. The quantitative estimate of drug-likeness (QED) is 0.749. The zero-order valence-electron chi connectivity index (χ0n) is 17.2. The summed E-state index contributed by atoms with van der Waals surface area (Å²) in [6.45, 7) is 8.53. The molecule has 160 valence electrons. The zero-order valence-corrected chi connectivity index (χ0v) is 17.2. The fourth-order valence-corrected chi connectivity index (χ4v) is 3.66. The first kappa shape index (κ1) is 21.6. The number of hydrogen-bond donors (Lipinski definition) is 2. The van der Waals surface area contributed by atoms with Crippen LogP contribution in [0.2, 0.25) is 0 Å². The van der Waals surface area contributed by atoms with Gasteiger partial charge in [-0.05, 0) is 49.1 Å². The van der Waals surface area contributed by atoms with Gasteiger partial charge in [-0.3, -0.25) is 4.90 Å². The highest BCUT2D eigenvalue weighted by Crippen LogP contribution is 2.29. The monoisotopic (exact) mass is 412 g/mol. The van der Waals surface area contributed by atoms with Crippen LogP contribution in [0.5, 0.6) is 5.75 Å². The molecule has 30 heavy (non-hydrogen) atoms. The molecule has 2 aliphatic rings. The molecule has 2 aromatic carbocycles. The van der Waals surface area contributed by atoms with Crippen LogP contribution in [-0.4, -0.2) is 59.8 Å². The Balaban J connectivity index is 0.000000377. The van der Waals surface area contributed by atoms with Crippen LogP contribution in [0.15, 0.2) is 42.5 Å². The lowest BCUT2D eigenvalue weighted by Gasteiger charge is -2.36. The molecule has 2 aliphatic heterocycles. The van der Waals surface area contributed by atoms with Crippen LogP contribution < -0.4 is 9.64 Å². The fourth-order valence-electron chi connectivity index (χ4n) is 3.66. The van der Waals surface area contributed by atoms with E-state index >= 15 is 0 Å². The van der Waals surface area contributed by atoms with Crippen molar-refractivity contribution in [1.82, 2.24) is 4.90 Å². The predicted octanol–water partition coefficient (Wildman–Crippen LogP) is 2.80. The van der Waals surface area contributed by atoms with Gasteiger partial charge in [0.25, 0.3) is 0 Å². The molecular weight excluding hydrogens is 384 g/mol. The minimum absolute atomic E-state index is 0.865. The Morgan fingerprint density at radius 3 is 2.27 bits per heavy atom.